The summed E-state index contributed by atoms with van der Waals surface area (Å²) in [6.45, 7) is 1.97. The largest absolute Gasteiger partial charge is 0.445 e. The number of aryl methyl sites for hydroxylation is 1. The maximum Gasteiger partial charge on any atom is 0.339 e. The van der Waals surface area contributed by atoms with Crippen LogP contribution in [-0.2, 0) is 25.9 Å². The molecule has 0 saturated heterocycles. The number of hydrogen-bond acceptors (Lipinski definition) is 3. The van der Waals surface area contributed by atoms with E-state index in [-0.39, 0.29) is 11.4 Å². The third kappa shape index (κ3) is 3.10. The molecule has 3 aromatic rings. The van der Waals surface area contributed by atoms with Gasteiger partial charge in [0.2, 0.25) is 6.73 Å². The fourth-order valence-electron chi connectivity index (χ4n) is 4.51. The van der Waals surface area contributed by atoms with E-state index >= 15 is 0 Å². The lowest BCUT2D eigenvalue weighted by Crippen LogP contribution is -3.10. The molecule has 0 radical (unpaired) electrons. The van der Waals surface area contributed by atoms with Crippen molar-refractivity contribution in [1.29, 1.82) is 0 Å². The highest BCUT2D eigenvalue weighted by Gasteiger charge is 2.27. The van der Waals surface area contributed by atoms with Crippen LogP contribution in [-0.4, -0.2) is 6.73 Å². The second kappa shape index (κ2) is 7.06. The highest BCUT2D eigenvalue weighted by molar-refractivity contribution is 5.86. The molecule has 0 saturated carbocycles. The molecule has 0 spiro atoms. The van der Waals surface area contributed by atoms with Gasteiger partial charge in [-0.2, -0.15) is 0 Å². The third-order valence-electron chi connectivity index (χ3n) is 5.93. The summed E-state index contributed by atoms with van der Waals surface area (Å²) in [7, 11) is 0. The van der Waals surface area contributed by atoms with E-state index in [0.717, 1.165) is 72.0 Å². The molecule has 144 valence electrons. The van der Waals surface area contributed by atoms with E-state index in [4.69, 9.17) is 9.15 Å². The Morgan fingerprint density at radius 1 is 0.929 bits per heavy atom. The van der Waals surface area contributed by atoms with Crippen molar-refractivity contribution in [3.63, 3.8) is 0 Å². The van der Waals surface area contributed by atoms with Gasteiger partial charge in [-0.1, -0.05) is 18.6 Å². The van der Waals surface area contributed by atoms with Crippen molar-refractivity contribution in [1.82, 2.24) is 0 Å². The molecule has 0 amide bonds. The number of rotatable bonds is 2. The van der Waals surface area contributed by atoms with Gasteiger partial charge >= 0.3 is 5.63 Å². The molecular weight excluding hydrogens is 357 g/mol. The first kappa shape index (κ1) is 17.4. The smallest absolute Gasteiger partial charge is 0.339 e. The SMILES string of the molecule is O=c1oc2c3c(ccc2c2c1CCCCC2)OC[NH+](Cc1ccc(F)cc1)C3. The monoisotopic (exact) mass is 380 g/mol. The van der Waals surface area contributed by atoms with Crippen molar-refractivity contribution >= 4 is 11.0 Å². The molecule has 1 N–H and O–H groups in total. The van der Waals surface area contributed by atoms with Gasteiger partial charge in [0.25, 0.3) is 0 Å². The molecule has 1 aromatic heterocycles. The lowest BCUT2D eigenvalue weighted by Gasteiger charge is -2.27. The minimum Gasteiger partial charge on any atom is -0.445 e. The molecule has 1 atom stereocenters. The van der Waals surface area contributed by atoms with Gasteiger partial charge in [-0.25, -0.2) is 9.18 Å². The van der Waals surface area contributed by atoms with E-state index < -0.39 is 0 Å². The summed E-state index contributed by atoms with van der Waals surface area (Å²) in [4.78, 5) is 13.9. The highest BCUT2D eigenvalue weighted by atomic mass is 19.1. The maximum atomic E-state index is 13.2. The van der Waals surface area contributed by atoms with Gasteiger partial charge in [0, 0.05) is 16.5 Å². The van der Waals surface area contributed by atoms with Gasteiger partial charge in [-0.05, 0) is 55.5 Å². The minimum atomic E-state index is -0.229. The Kier molecular flexibility index (Phi) is 4.40. The molecule has 4 nitrogen and oxygen atoms in total. The molecule has 0 fully saturated rings. The summed E-state index contributed by atoms with van der Waals surface area (Å²) < 4.78 is 25.0. The predicted octanol–water partition coefficient (Wildman–Crippen LogP) is 3.14. The fraction of sp³-hybridized carbons (Fsp3) is 0.348. The number of fused-ring (bicyclic) bond motifs is 5. The fourth-order valence-corrected chi connectivity index (χ4v) is 4.51. The number of quaternary nitrogens is 1. The Morgan fingerprint density at radius 2 is 1.71 bits per heavy atom. The highest BCUT2D eigenvalue weighted by Crippen LogP contribution is 2.33. The zero-order valence-electron chi connectivity index (χ0n) is 15.7. The summed E-state index contributed by atoms with van der Waals surface area (Å²) >= 11 is 0. The van der Waals surface area contributed by atoms with Crippen LogP contribution in [0.4, 0.5) is 4.39 Å². The van der Waals surface area contributed by atoms with Crippen LogP contribution in [0.15, 0.2) is 45.6 Å². The Hall–Kier alpha value is -2.66. The predicted molar refractivity (Wildman–Crippen MR) is 104 cm³/mol. The summed E-state index contributed by atoms with van der Waals surface area (Å²) in [5, 5.41) is 1.06. The third-order valence-corrected chi connectivity index (χ3v) is 5.93. The van der Waals surface area contributed by atoms with Crippen LogP contribution in [0.1, 0.15) is 41.5 Å². The molecular formula is C23H23FNO3+. The summed E-state index contributed by atoms with van der Waals surface area (Å²) in [6.07, 6.45) is 5.06. The van der Waals surface area contributed by atoms with Gasteiger partial charge in [0.05, 0.1) is 5.56 Å². The molecule has 2 heterocycles. The van der Waals surface area contributed by atoms with Gasteiger partial charge in [-0.3, -0.25) is 4.90 Å². The van der Waals surface area contributed by atoms with Crippen molar-refractivity contribution in [3.8, 4) is 5.75 Å². The van der Waals surface area contributed by atoms with Crippen LogP contribution in [0.2, 0.25) is 0 Å². The van der Waals surface area contributed by atoms with Gasteiger partial charge < -0.3 is 9.15 Å². The van der Waals surface area contributed by atoms with Gasteiger partial charge in [-0.15, -0.1) is 0 Å². The summed E-state index contributed by atoms with van der Waals surface area (Å²) in [5.74, 6) is 0.569. The summed E-state index contributed by atoms with van der Waals surface area (Å²) in [5.41, 5.74) is 4.53. The van der Waals surface area contributed by atoms with Crippen molar-refractivity contribution in [2.24, 2.45) is 0 Å². The zero-order valence-corrected chi connectivity index (χ0v) is 15.7. The second-order valence-electron chi connectivity index (χ2n) is 7.84. The van der Waals surface area contributed by atoms with E-state index in [9.17, 15) is 9.18 Å². The van der Waals surface area contributed by atoms with E-state index in [1.54, 1.807) is 12.1 Å². The Labute approximate surface area is 162 Å². The Bertz CT molecular complexity index is 1090. The first-order valence-corrected chi connectivity index (χ1v) is 10.0. The number of hydrogen-bond donors (Lipinski definition) is 1. The molecule has 2 aliphatic rings. The molecule has 28 heavy (non-hydrogen) atoms. The average Bonchev–Trinajstić information content (AvgIpc) is 2.97. The van der Waals surface area contributed by atoms with Crippen LogP contribution < -0.4 is 15.3 Å². The Morgan fingerprint density at radius 3 is 2.54 bits per heavy atom. The van der Waals surface area contributed by atoms with Crippen molar-refractivity contribution in [2.45, 2.75) is 45.2 Å². The van der Waals surface area contributed by atoms with Gasteiger partial charge in [0.15, 0.2) is 5.58 Å². The van der Waals surface area contributed by atoms with E-state index in [1.807, 2.05) is 12.1 Å². The van der Waals surface area contributed by atoms with Crippen LogP contribution in [0.25, 0.3) is 11.0 Å². The lowest BCUT2D eigenvalue weighted by molar-refractivity contribution is -0.945. The van der Waals surface area contributed by atoms with Gasteiger partial charge in [0.1, 0.15) is 24.7 Å². The Balaban J connectivity index is 1.54. The topological polar surface area (TPSA) is 43.9 Å². The molecule has 1 aliphatic carbocycles. The van der Waals surface area contributed by atoms with Crippen LogP contribution in [0.5, 0.6) is 5.75 Å². The molecule has 2 aromatic carbocycles. The molecule has 5 heteroatoms. The van der Waals surface area contributed by atoms with Crippen molar-refractivity contribution in [3.05, 3.63) is 74.9 Å². The second-order valence-corrected chi connectivity index (χ2v) is 7.84. The van der Waals surface area contributed by atoms with Crippen LogP contribution >= 0.6 is 0 Å². The molecule has 0 bridgehead atoms. The number of benzene rings is 2. The number of halogens is 1. The number of ether oxygens (including phenoxy) is 1. The number of nitrogens with one attached hydrogen (secondary N) is 1. The van der Waals surface area contributed by atoms with Crippen LogP contribution in [0.3, 0.4) is 0 Å². The van der Waals surface area contributed by atoms with E-state index in [0.29, 0.717) is 18.9 Å². The first-order valence-electron chi connectivity index (χ1n) is 10.0. The molecule has 1 unspecified atom stereocenters. The first-order chi connectivity index (χ1) is 13.7. The quantitative estimate of drug-likeness (QED) is 0.549. The van der Waals surface area contributed by atoms with Crippen LogP contribution in [0, 0.1) is 5.82 Å². The average molecular weight is 380 g/mol. The normalized spacial score (nSPS) is 18.8. The maximum absolute atomic E-state index is 13.2. The van der Waals surface area contributed by atoms with E-state index in [1.165, 1.54) is 17.0 Å². The molecule has 1 aliphatic heterocycles. The molecule has 5 rings (SSSR count). The van der Waals surface area contributed by atoms with Crippen molar-refractivity contribution < 1.29 is 18.4 Å². The van der Waals surface area contributed by atoms with Crippen molar-refractivity contribution in [2.75, 3.05) is 6.73 Å². The summed E-state index contributed by atoms with van der Waals surface area (Å²) in [6, 6.07) is 10.6. The van der Waals surface area contributed by atoms with E-state index in [2.05, 4.69) is 0 Å². The minimum absolute atomic E-state index is 0.191. The standard InChI is InChI=1S/C23H22FNO3/c24-16-8-6-15(7-9-16)12-25-13-20-21(27-14-25)11-10-18-17-4-2-1-3-5-19(17)23(26)28-22(18)20/h6-11H,1-5,12-14H2/p+1. The lowest BCUT2D eigenvalue weighted by atomic mass is 9.98. The zero-order chi connectivity index (χ0) is 19.1.